The normalized spacial score (nSPS) is 20.7. The van der Waals surface area contributed by atoms with Crippen molar-refractivity contribution in [3.8, 4) is 17.2 Å². The first-order chi connectivity index (χ1) is 13.4. The SMILES string of the molecule is CCOc1ccc(Oc2ccc(S(=O)(=O)N3C[C@H](CO)OC[C@H]3C)cc2)cc1. The number of aliphatic hydroxyl groups excluding tert-OH is 1. The molecule has 0 saturated carbocycles. The Morgan fingerprint density at radius 2 is 1.64 bits per heavy atom. The van der Waals surface area contributed by atoms with Crippen molar-refractivity contribution in [3.63, 3.8) is 0 Å². The van der Waals surface area contributed by atoms with Crippen LogP contribution in [0.3, 0.4) is 0 Å². The fourth-order valence-electron chi connectivity index (χ4n) is 2.96. The van der Waals surface area contributed by atoms with Crippen molar-refractivity contribution >= 4 is 10.0 Å². The van der Waals surface area contributed by atoms with E-state index >= 15 is 0 Å². The zero-order valence-electron chi connectivity index (χ0n) is 15.9. The highest BCUT2D eigenvalue weighted by Gasteiger charge is 2.35. The molecule has 1 fully saturated rings. The van der Waals surface area contributed by atoms with E-state index in [1.54, 1.807) is 31.2 Å². The fraction of sp³-hybridized carbons (Fsp3) is 0.400. The second-order valence-electron chi connectivity index (χ2n) is 6.54. The number of hydrogen-bond acceptors (Lipinski definition) is 6. The molecule has 0 spiro atoms. The molecular weight excluding hydrogens is 382 g/mol. The quantitative estimate of drug-likeness (QED) is 0.760. The van der Waals surface area contributed by atoms with Gasteiger partial charge in [-0.25, -0.2) is 8.42 Å². The maximum Gasteiger partial charge on any atom is 0.243 e. The topological polar surface area (TPSA) is 85.3 Å². The summed E-state index contributed by atoms with van der Waals surface area (Å²) in [7, 11) is -3.69. The highest BCUT2D eigenvalue weighted by Crippen LogP contribution is 2.27. The number of nitrogens with zero attached hydrogens (tertiary/aromatic N) is 1. The van der Waals surface area contributed by atoms with Gasteiger partial charge >= 0.3 is 0 Å². The van der Waals surface area contributed by atoms with Crippen LogP contribution in [0.4, 0.5) is 0 Å². The highest BCUT2D eigenvalue weighted by molar-refractivity contribution is 7.89. The molecule has 0 bridgehead atoms. The van der Waals surface area contributed by atoms with Crippen LogP contribution in [0.25, 0.3) is 0 Å². The Morgan fingerprint density at radius 1 is 1.07 bits per heavy atom. The summed E-state index contributed by atoms with van der Waals surface area (Å²) < 4.78 is 43.9. The van der Waals surface area contributed by atoms with Gasteiger partial charge in [0.25, 0.3) is 0 Å². The lowest BCUT2D eigenvalue weighted by molar-refractivity contribution is -0.0516. The van der Waals surface area contributed by atoms with Crippen LogP contribution < -0.4 is 9.47 Å². The minimum absolute atomic E-state index is 0.129. The van der Waals surface area contributed by atoms with Crippen molar-refractivity contribution in [3.05, 3.63) is 48.5 Å². The van der Waals surface area contributed by atoms with Gasteiger partial charge in [0.2, 0.25) is 10.0 Å². The van der Waals surface area contributed by atoms with Crippen LogP contribution >= 0.6 is 0 Å². The van der Waals surface area contributed by atoms with Gasteiger partial charge in [-0.15, -0.1) is 0 Å². The molecule has 1 N–H and O–H groups in total. The average Bonchev–Trinajstić information content (AvgIpc) is 2.70. The smallest absolute Gasteiger partial charge is 0.243 e. The molecule has 28 heavy (non-hydrogen) atoms. The predicted octanol–water partition coefficient (Wildman–Crippen LogP) is 2.65. The summed E-state index contributed by atoms with van der Waals surface area (Å²) in [6, 6.07) is 13.2. The third kappa shape index (κ3) is 4.64. The molecular formula is C20H25NO6S. The zero-order valence-corrected chi connectivity index (χ0v) is 16.8. The average molecular weight is 407 g/mol. The first-order valence-corrected chi connectivity index (χ1v) is 10.6. The molecule has 0 aromatic heterocycles. The molecule has 7 nitrogen and oxygen atoms in total. The predicted molar refractivity (Wildman–Crippen MR) is 104 cm³/mol. The van der Waals surface area contributed by atoms with E-state index in [0.717, 1.165) is 5.75 Å². The number of sulfonamides is 1. The lowest BCUT2D eigenvalue weighted by atomic mass is 10.2. The third-order valence-corrected chi connectivity index (χ3v) is 6.45. The van der Waals surface area contributed by atoms with Gasteiger partial charge in [0, 0.05) is 12.6 Å². The molecule has 1 aliphatic rings. The van der Waals surface area contributed by atoms with Gasteiger partial charge in [-0.2, -0.15) is 4.31 Å². The molecule has 1 heterocycles. The molecule has 0 amide bonds. The van der Waals surface area contributed by atoms with E-state index in [9.17, 15) is 13.5 Å². The van der Waals surface area contributed by atoms with E-state index in [2.05, 4.69) is 0 Å². The van der Waals surface area contributed by atoms with Crippen LogP contribution in [0.2, 0.25) is 0 Å². The highest BCUT2D eigenvalue weighted by atomic mass is 32.2. The maximum atomic E-state index is 13.0. The molecule has 2 atom stereocenters. The van der Waals surface area contributed by atoms with Crippen LogP contribution in [-0.4, -0.2) is 56.3 Å². The van der Waals surface area contributed by atoms with E-state index in [-0.39, 0.29) is 30.7 Å². The van der Waals surface area contributed by atoms with Gasteiger partial charge in [-0.3, -0.25) is 0 Å². The Labute approximate surface area is 165 Å². The van der Waals surface area contributed by atoms with Gasteiger partial charge < -0.3 is 19.3 Å². The molecule has 0 aliphatic carbocycles. The second-order valence-corrected chi connectivity index (χ2v) is 8.43. The summed E-state index contributed by atoms with van der Waals surface area (Å²) in [6.07, 6.45) is -0.506. The van der Waals surface area contributed by atoms with Crippen LogP contribution in [0.15, 0.2) is 53.4 Å². The van der Waals surface area contributed by atoms with Crippen molar-refractivity contribution in [1.82, 2.24) is 4.31 Å². The largest absolute Gasteiger partial charge is 0.494 e. The van der Waals surface area contributed by atoms with Crippen molar-refractivity contribution < 1.29 is 27.7 Å². The van der Waals surface area contributed by atoms with E-state index < -0.39 is 16.1 Å². The number of rotatable bonds is 7. The minimum Gasteiger partial charge on any atom is -0.494 e. The van der Waals surface area contributed by atoms with Crippen molar-refractivity contribution in [2.75, 3.05) is 26.4 Å². The summed E-state index contributed by atoms with van der Waals surface area (Å²) in [6.45, 7) is 4.47. The van der Waals surface area contributed by atoms with Crippen molar-refractivity contribution in [2.24, 2.45) is 0 Å². The first kappa shape index (κ1) is 20.6. The van der Waals surface area contributed by atoms with Crippen molar-refractivity contribution in [2.45, 2.75) is 30.9 Å². The molecule has 3 rings (SSSR count). The molecule has 0 unspecified atom stereocenters. The summed E-state index contributed by atoms with van der Waals surface area (Å²) in [4.78, 5) is 0.178. The summed E-state index contributed by atoms with van der Waals surface area (Å²) in [5.74, 6) is 1.93. The molecule has 0 radical (unpaired) electrons. The second kappa shape index (κ2) is 8.91. The van der Waals surface area contributed by atoms with Gasteiger partial charge in [-0.1, -0.05) is 0 Å². The number of morpholine rings is 1. The number of aliphatic hydroxyl groups is 1. The first-order valence-electron chi connectivity index (χ1n) is 9.19. The standard InChI is InChI=1S/C20H25NO6S/c1-3-25-16-4-6-17(7-5-16)27-18-8-10-20(11-9-18)28(23,24)21-12-19(13-22)26-14-15(21)2/h4-11,15,19,22H,3,12-14H2,1-2H3/t15-,19-/m1/s1. The summed E-state index contributed by atoms with van der Waals surface area (Å²) >= 11 is 0. The van der Waals surface area contributed by atoms with E-state index in [0.29, 0.717) is 18.1 Å². The molecule has 8 heteroatoms. The van der Waals surface area contributed by atoms with E-state index in [4.69, 9.17) is 14.2 Å². The summed E-state index contributed by atoms with van der Waals surface area (Å²) in [5, 5.41) is 9.28. The molecule has 1 saturated heterocycles. The number of benzene rings is 2. The molecule has 152 valence electrons. The molecule has 1 aliphatic heterocycles. The van der Waals surface area contributed by atoms with Gasteiger partial charge in [-0.05, 0) is 62.4 Å². The van der Waals surface area contributed by atoms with Gasteiger partial charge in [0.1, 0.15) is 17.2 Å². The van der Waals surface area contributed by atoms with Gasteiger partial charge in [0.15, 0.2) is 0 Å². The number of ether oxygens (including phenoxy) is 3. The third-order valence-electron chi connectivity index (χ3n) is 4.45. The Kier molecular flexibility index (Phi) is 6.56. The number of hydrogen-bond donors (Lipinski definition) is 1. The minimum atomic E-state index is -3.69. The van der Waals surface area contributed by atoms with Crippen molar-refractivity contribution in [1.29, 1.82) is 0 Å². The van der Waals surface area contributed by atoms with Crippen LogP contribution in [0, 0.1) is 0 Å². The Morgan fingerprint density at radius 3 is 2.21 bits per heavy atom. The summed E-state index contributed by atoms with van der Waals surface area (Å²) in [5.41, 5.74) is 0. The van der Waals surface area contributed by atoms with Gasteiger partial charge in [0.05, 0.1) is 30.8 Å². The Bertz CT molecular complexity index is 867. The monoisotopic (exact) mass is 407 g/mol. The fourth-order valence-corrected chi connectivity index (χ4v) is 4.61. The lowest BCUT2D eigenvalue weighted by Crippen LogP contribution is -2.51. The van der Waals surface area contributed by atoms with Crippen LogP contribution in [0.1, 0.15) is 13.8 Å². The Hall–Kier alpha value is -2.13. The maximum absolute atomic E-state index is 13.0. The van der Waals surface area contributed by atoms with Crippen LogP contribution in [-0.2, 0) is 14.8 Å². The zero-order chi connectivity index (χ0) is 20.1. The Balaban J connectivity index is 1.72. The molecule has 2 aromatic rings. The van der Waals surface area contributed by atoms with E-state index in [1.165, 1.54) is 16.4 Å². The molecule has 2 aromatic carbocycles. The lowest BCUT2D eigenvalue weighted by Gasteiger charge is -2.36. The van der Waals surface area contributed by atoms with E-state index in [1.807, 2.05) is 19.1 Å². The van der Waals surface area contributed by atoms with Crippen LogP contribution in [0.5, 0.6) is 17.2 Å².